The maximum atomic E-state index is 6.12. The summed E-state index contributed by atoms with van der Waals surface area (Å²) in [5.41, 5.74) is 2.15. The van der Waals surface area contributed by atoms with Crippen LogP contribution >= 0.6 is 34.4 Å². The Hall–Kier alpha value is -2.56. The first-order valence-electron chi connectivity index (χ1n) is 8.29. The summed E-state index contributed by atoms with van der Waals surface area (Å²) in [6.45, 7) is 0.218. The molecular weight excluding hydrogens is 414 g/mol. The molecule has 144 valence electrons. The number of hydrogen-bond acceptors (Lipinski definition) is 9. The van der Waals surface area contributed by atoms with Crippen LogP contribution in [-0.4, -0.2) is 27.0 Å². The molecule has 0 atom stereocenters. The molecule has 10 heteroatoms. The van der Waals surface area contributed by atoms with Gasteiger partial charge in [-0.25, -0.2) is 9.66 Å². The number of thioether (sulfide) groups is 1. The summed E-state index contributed by atoms with van der Waals surface area (Å²) in [6, 6.07) is 9.45. The van der Waals surface area contributed by atoms with Crippen molar-refractivity contribution in [2.24, 2.45) is 0 Å². The number of rotatable bonds is 8. The minimum absolute atomic E-state index is 0.218. The van der Waals surface area contributed by atoms with Gasteiger partial charge in [0.15, 0.2) is 5.82 Å². The lowest BCUT2D eigenvalue weighted by Gasteiger charge is -2.07. The van der Waals surface area contributed by atoms with Gasteiger partial charge in [-0.3, -0.25) is 0 Å². The van der Waals surface area contributed by atoms with Crippen LogP contribution in [0.4, 0.5) is 0 Å². The Bertz CT molecular complexity index is 1050. The fourth-order valence-electron chi connectivity index (χ4n) is 2.37. The van der Waals surface area contributed by atoms with E-state index >= 15 is 0 Å². The van der Waals surface area contributed by atoms with E-state index in [4.69, 9.17) is 15.3 Å². The Morgan fingerprint density at radius 2 is 2.07 bits per heavy atom. The predicted molar refractivity (Wildman–Crippen MR) is 112 cm³/mol. The monoisotopic (exact) mass is 431 g/mol. The third kappa shape index (κ3) is 4.29. The molecule has 4 aromatic rings. The van der Waals surface area contributed by atoms with Gasteiger partial charge in [0, 0.05) is 28.1 Å². The smallest absolute Gasteiger partial charge is 0.210 e. The third-order valence-electron chi connectivity index (χ3n) is 3.81. The summed E-state index contributed by atoms with van der Waals surface area (Å²) in [5.74, 6) is 8.75. The van der Waals surface area contributed by atoms with Crippen molar-refractivity contribution in [2.75, 3.05) is 13.0 Å². The molecule has 3 heterocycles. The highest BCUT2D eigenvalue weighted by atomic mass is 32.2. The van der Waals surface area contributed by atoms with E-state index in [0.29, 0.717) is 22.5 Å². The average Bonchev–Trinajstić information content (AvgIpc) is 3.47. The van der Waals surface area contributed by atoms with Crippen molar-refractivity contribution >= 4 is 34.4 Å². The first kappa shape index (κ1) is 18.8. The molecule has 0 saturated heterocycles. The molecule has 0 amide bonds. The third-order valence-corrected chi connectivity index (χ3v) is 6.41. The van der Waals surface area contributed by atoms with E-state index in [-0.39, 0.29) is 6.61 Å². The number of nitrogens with zero attached hydrogens (tertiary/aromatic N) is 4. The van der Waals surface area contributed by atoms with Crippen LogP contribution in [0.1, 0.15) is 11.5 Å². The van der Waals surface area contributed by atoms with Crippen molar-refractivity contribution < 1.29 is 9.47 Å². The Balaban J connectivity index is 1.35. The maximum absolute atomic E-state index is 6.12. The lowest BCUT2D eigenvalue weighted by atomic mass is 10.3. The van der Waals surface area contributed by atoms with E-state index in [0.717, 1.165) is 22.0 Å². The molecule has 2 N–H and O–H groups in total. The highest BCUT2D eigenvalue weighted by Gasteiger charge is 2.13. The van der Waals surface area contributed by atoms with E-state index in [9.17, 15) is 0 Å². The molecule has 28 heavy (non-hydrogen) atoms. The molecule has 0 fully saturated rings. The second-order valence-electron chi connectivity index (χ2n) is 5.68. The Kier molecular flexibility index (Phi) is 5.79. The van der Waals surface area contributed by atoms with Gasteiger partial charge in [-0.15, -0.1) is 21.5 Å². The second-order valence-corrected chi connectivity index (χ2v) is 8.26. The van der Waals surface area contributed by atoms with Crippen molar-refractivity contribution in [3.8, 4) is 22.1 Å². The average molecular weight is 432 g/mol. The molecular formula is C18H17N5O2S3. The van der Waals surface area contributed by atoms with E-state index < -0.39 is 0 Å². The Morgan fingerprint density at radius 3 is 2.89 bits per heavy atom. The molecule has 4 rings (SSSR count). The van der Waals surface area contributed by atoms with Gasteiger partial charge in [0.2, 0.25) is 5.16 Å². The highest BCUT2D eigenvalue weighted by molar-refractivity contribution is 7.98. The molecule has 3 aromatic heterocycles. The molecule has 7 nitrogen and oxygen atoms in total. The molecule has 0 unspecified atom stereocenters. The molecule has 1 aromatic carbocycles. The molecule has 0 aliphatic heterocycles. The molecule has 0 spiro atoms. The molecule has 0 radical (unpaired) electrons. The van der Waals surface area contributed by atoms with Gasteiger partial charge in [0.25, 0.3) is 0 Å². The van der Waals surface area contributed by atoms with E-state index in [1.807, 2.05) is 18.2 Å². The summed E-state index contributed by atoms with van der Waals surface area (Å²) < 4.78 is 12.4. The normalized spacial score (nSPS) is 10.9. The first-order valence-corrected chi connectivity index (χ1v) is 11.1. The number of methoxy groups -OCH3 is 1. The van der Waals surface area contributed by atoms with Crippen molar-refractivity contribution in [3.63, 3.8) is 0 Å². The van der Waals surface area contributed by atoms with E-state index in [1.54, 1.807) is 35.8 Å². The maximum Gasteiger partial charge on any atom is 0.210 e. The minimum atomic E-state index is 0.218. The van der Waals surface area contributed by atoms with Crippen LogP contribution in [0.15, 0.2) is 51.6 Å². The molecule has 0 aliphatic carbocycles. The fraction of sp³-hybridized carbons (Fsp3) is 0.167. The van der Waals surface area contributed by atoms with Gasteiger partial charge in [0.1, 0.15) is 23.1 Å². The van der Waals surface area contributed by atoms with Crippen molar-refractivity contribution in [1.82, 2.24) is 19.9 Å². The zero-order valence-electron chi connectivity index (χ0n) is 14.9. The van der Waals surface area contributed by atoms with Crippen LogP contribution in [0.2, 0.25) is 0 Å². The number of aromatic nitrogens is 4. The fourth-order valence-corrected chi connectivity index (χ4v) is 4.78. The summed E-state index contributed by atoms with van der Waals surface area (Å²) in [6.07, 6.45) is 0. The second kappa shape index (κ2) is 8.63. The standard InChI is InChI=1S/C18H17N5O2S3/c1-24-14-3-2-4-15(7-14)25-8-16-21-22-18(23(16)19)28-11-13-10-27-17(20-13)12-5-6-26-9-12/h2-7,9-10H,8,11,19H2,1H3. The van der Waals surface area contributed by atoms with Crippen LogP contribution in [0.25, 0.3) is 10.6 Å². The minimum Gasteiger partial charge on any atom is -0.497 e. The first-order chi connectivity index (χ1) is 13.7. The number of ether oxygens (including phenoxy) is 2. The molecule has 0 bridgehead atoms. The number of nitrogens with two attached hydrogens (primary N) is 1. The summed E-state index contributed by atoms with van der Waals surface area (Å²) in [7, 11) is 1.62. The summed E-state index contributed by atoms with van der Waals surface area (Å²) in [5, 5.41) is 16.1. The van der Waals surface area contributed by atoms with Crippen LogP contribution in [0, 0.1) is 0 Å². The lowest BCUT2D eigenvalue weighted by molar-refractivity contribution is 0.289. The van der Waals surface area contributed by atoms with Gasteiger partial charge >= 0.3 is 0 Å². The van der Waals surface area contributed by atoms with E-state index in [1.165, 1.54) is 16.4 Å². The largest absolute Gasteiger partial charge is 0.497 e. The SMILES string of the molecule is COc1cccc(OCc2nnc(SCc3csc(-c4ccsc4)n3)n2N)c1. The van der Waals surface area contributed by atoms with Crippen molar-refractivity contribution in [2.45, 2.75) is 17.5 Å². The van der Waals surface area contributed by atoms with Gasteiger partial charge in [-0.05, 0) is 23.6 Å². The van der Waals surface area contributed by atoms with Crippen LogP contribution < -0.4 is 15.3 Å². The molecule has 0 aliphatic rings. The zero-order valence-corrected chi connectivity index (χ0v) is 17.4. The number of nitrogen functional groups attached to an aromatic ring is 1. The van der Waals surface area contributed by atoms with Crippen LogP contribution in [0.5, 0.6) is 11.5 Å². The van der Waals surface area contributed by atoms with Gasteiger partial charge < -0.3 is 15.3 Å². The summed E-state index contributed by atoms with van der Waals surface area (Å²) >= 11 is 4.80. The quantitative estimate of drug-likeness (QED) is 0.332. The van der Waals surface area contributed by atoms with Gasteiger partial charge in [-0.1, -0.05) is 17.8 Å². The lowest BCUT2D eigenvalue weighted by Crippen LogP contribution is -2.15. The number of benzene rings is 1. The Morgan fingerprint density at radius 1 is 1.18 bits per heavy atom. The van der Waals surface area contributed by atoms with Crippen LogP contribution in [0.3, 0.4) is 0 Å². The summed E-state index contributed by atoms with van der Waals surface area (Å²) in [4.78, 5) is 4.67. The van der Waals surface area contributed by atoms with Crippen molar-refractivity contribution in [3.05, 3.63) is 58.0 Å². The number of thiophene rings is 1. The molecule has 0 saturated carbocycles. The van der Waals surface area contributed by atoms with Gasteiger partial charge in [0.05, 0.1) is 12.8 Å². The number of thiazole rings is 1. The van der Waals surface area contributed by atoms with E-state index in [2.05, 4.69) is 37.4 Å². The topological polar surface area (TPSA) is 88.1 Å². The van der Waals surface area contributed by atoms with Crippen LogP contribution in [-0.2, 0) is 12.4 Å². The predicted octanol–water partition coefficient (Wildman–Crippen LogP) is 4.06. The van der Waals surface area contributed by atoms with Crippen molar-refractivity contribution in [1.29, 1.82) is 0 Å². The zero-order chi connectivity index (χ0) is 19.3. The van der Waals surface area contributed by atoms with Gasteiger partial charge in [-0.2, -0.15) is 11.3 Å². The Labute approximate surface area is 174 Å². The highest BCUT2D eigenvalue weighted by Crippen LogP contribution is 2.28. The number of hydrogen-bond donors (Lipinski definition) is 1.